The van der Waals surface area contributed by atoms with Crippen LogP contribution in [0, 0.1) is 0 Å². The van der Waals surface area contributed by atoms with E-state index >= 15 is 0 Å². The summed E-state index contributed by atoms with van der Waals surface area (Å²) in [6, 6.07) is 0. The normalized spacial score (nSPS) is 16.2. The molecule has 0 aromatic carbocycles. The lowest BCUT2D eigenvalue weighted by atomic mass is 9.96. The van der Waals surface area contributed by atoms with Gasteiger partial charge in [0.1, 0.15) is 12.8 Å². The van der Waals surface area contributed by atoms with Crippen molar-refractivity contribution in [1.82, 2.24) is 0 Å². The molecule has 0 heterocycles. The van der Waals surface area contributed by atoms with Crippen molar-refractivity contribution in [2.24, 2.45) is 0 Å². The molecule has 134 valence electrons. The quantitative estimate of drug-likeness (QED) is 0.417. The van der Waals surface area contributed by atoms with Gasteiger partial charge >= 0.3 is 24.3 Å². The fourth-order valence-corrected chi connectivity index (χ4v) is 1.40. The van der Waals surface area contributed by atoms with Crippen LogP contribution in [0.1, 0.15) is 20.3 Å². The Labute approximate surface area is 126 Å². The molecule has 0 amide bonds. The molecule has 11 heteroatoms. The number of hydrogen-bond acceptors (Lipinski definition) is 4. The third kappa shape index (κ3) is 5.71. The van der Waals surface area contributed by atoms with Crippen molar-refractivity contribution in [2.75, 3.05) is 6.67 Å². The number of carbonyl (C=O) groups is 2. The van der Waals surface area contributed by atoms with Crippen LogP contribution < -0.4 is 0 Å². The number of alkyl halides is 7. The lowest BCUT2D eigenvalue weighted by Crippen LogP contribution is -2.54. The molecule has 2 unspecified atom stereocenters. The number of halogens is 7. The maximum Gasteiger partial charge on any atom is 0.490 e. The molecule has 0 rings (SSSR count). The molecule has 0 bridgehead atoms. The highest BCUT2D eigenvalue weighted by Gasteiger charge is 2.62. The van der Waals surface area contributed by atoms with E-state index in [4.69, 9.17) is 0 Å². The highest BCUT2D eigenvalue weighted by Crippen LogP contribution is 2.40. The number of ether oxygens (including phenoxy) is 2. The van der Waals surface area contributed by atoms with Crippen molar-refractivity contribution in [2.45, 2.75) is 44.3 Å². The topological polar surface area (TPSA) is 52.6 Å². The van der Waals surface area contributed by atoms with Gasteiger partial charge in [0.05, 0.1) is 0 Å². The summed E-state index contributed by atoms with van der Waals surface area (Å²) in [5.41, 5.74) is -4.28. The molecule has 0 saturated heterocycles. The molecule has 2 atom stereocenters. The summed E-state index contributed by atoms with van der Waals surface area (Å²) in [4.78, 5) is 21.8. The summed E-state index contributed by atoms with van der Waals surface area (Å²) in [7, 11) is 0. The third-order valence-corrected chi connectivity index (χ3v) is 2.53. The molecular weight excluding hydrogens is 341 g/mol. The van der Waals surface area contributed by atoms with Crippen molar-refractivity contribution in [3.8, 4) is 0 Å². The lowest BCUT2D eigenvalue weighted by Gasteiger charge is -2.34. The van der Waals surface area contributed by atoms with E-state index in [2.05, 4.69) is 16.1 Å². The summed E-state index contributed by atoms with van der Waals surface area (Å²) < 4.78 is 95.8. The Kier molecular flexibility index (Phi) is 6.61. The van der Waals surface area contributed by atoms with Crippen molar-refractivity contribution >= 4 is 11.9 Å². The average Bonchev–Trinajstić information content (AvgIpc) is 2.34. The van der Waals surface area contributed by atoms with E-state index in [1.54, 1.807) is 0 Å². The molecule has 23 heavy (non-hydrogen) atoms. The minimum Gasteiger partial charge on any atom is -0.459 e. The largest absolute Gasteiger partial charge is 0.490 e. The number of rotatable bonds is 6. The van der Waals surface area contributed by atoms with Crippen molar-refractivity contribution in [1.29, 1.82) is 0 Å². The Hall–Kier alpha value is -1.81. The summed E-state index contributed by atoms with van der Waals surface area (Å²) in [5.74, 6) is -4.33. The van der Waals surface area contributed by atoms with Crippen LogP contribution in [-0.2, 0) is 19.1 Å². The highest BCUT2D eigenvalue weighted by molar-refractivity contribution is 5.87. The maximum atomic E-state index is 12.9. The molecule has 0 aliphatic rings. The number of carbonyl (C=O) groups excluding carboxylic acids is 2. The number of esters is 2. The first-order valence-corrected chi connectivity index (χ1v) is 5.95. The van der Waals surface area contributed by atoms with Crippen molar-refractivity contribution < 1.29 is 49.8 Å². The zero-order valence-corrected chi connectivity index (χ0v) is 12.0. The van der Waals surface area contributed by atoms with E-state index in [-0.39, 0.29) is 5.57 Å². The Bertz CT molecular complexity index is 469. The van der Waals surface area contributed by atoms with Gasteiger partial charge in [-0.25, -0.2) is 14.0 Å². The zero-order valence-electron chi connectivity index (χ0n) is 12.0. The fraction of sp³-hybridized carbons (Fsp3) is 0.667. The summed E-state index contributed by atoms with van der Waals surface area (Å²) >= 11 is 0. The first kappa shape index (κ1) is 21.2. The van der Waals surface area contributed by atoms with Gasteiger partial charge in [-0.1, -0.05) is 6.58 Å². The molecule has 0 radical (unpaired) electrons. The predicted octanol–water partition coefficient (Wildman–Crippen LogP) is 3.26. The fourth-order valence-electron chi connectivity index (χ4n) is 1.40. The van der Waals surface area contributed by atoms with Gasteiger partial charge < -0.3 is 9.47 Å². The minimum absolute atomic E-state index is 0.193. The molecule has 0 aromatic rings. The molecule has 0 saturated carbocycles. The van der Waals surface area contributed by atoms with E-state index in [0.29, 0.717) is 0 Å². The average molecular weight is 354 g/mol. The van der Waals surface area contributed by atoms with Gasteiger partial charge in [0, 0.05) is 12.0 Å². The van der Waals surface area contributed by atoms with Gasteiger partial charge in [-0.15, -0.1) is 0 Å². The molecule has 0 spiro atoms. The maximum absolute atomic E-state index is 12.9. The Morgan fingerprint density at radius 1 is 1.13 bits per heavy atom. The highest BCUT2D eigenvalue weighted by atomic mass is 19.4. The Balaban J connectivity index is 5.42. The molecule has 0 N–H and O–H groups in total. The summed E-state index contributed by atoms with van der Waals surface area (Å²) in [6.07, 6.45) is -14.7. The standard InChI is InChI=1S/C12H13F7O4/c1-6(2)8(20)22-7(3)4-10(5-13,12(17,18)19)23-9(21)11(14,15)16/h7H,1,4-5H2,2-3H3. The van der Waals surface area contributed by atoms with Crippen LogP contribution in [0.4, 0.5) is 30.7 Å². The molecule has 0 aliphatic carbocycles. The van der Waals surface area contributed by atoms with E-state index in [9.17, 15) is 40.3 Å². The van der Waals surface area contributed by atoms with Crippen LogP contribution in [0.3, 0.4) is 0 Å². The molecule has 0 aliphatic heterocycles. The van der Waals surface area contributed by atoms with Gasteiger partial charge in [0.15, 0.2) is 0 Å². The summed E-state index contributed by atoms with van der Waals surface area (Å²) in [6.45, 7) is 2.72. The van der Waals surface area contributed by atoms with Crippen LogP contribution in [0.25, 0.3) is 0 Å². The first-order chi connectivity index (χ1) is 10.2. The van der Waals surface area contributed by atoms with Gasteiger partial charge in [-0.3, -0.25) is 0 Å². The predicted molar refractivity (Wildman–Crippen MR) is 61.9 cm³/mol. The number of hydrogen-bond donors (Lipinski definition) is 0. The van der Waals surface area contributed by atoms with Gasteiger partial charge in [-0.05, 0) is 13.8 Å². The smallest absolute Gasteiger partial charge is 0.459 e. The Morgan fingerprint density at radius 2 is 1.61 bits per heavy atom. The van der Waals surface area contributed by atoms with Crippen LogP contribution in [-0.4, -0.2) is 42.7 Å². The lowest BCUT2D eigenvalue weighted by molar-refractivity contribution is -0.294. The molecule has 0 fully saturated rings. The third-order valence-electron chi connectivity index (χ3n) is 2.53. The second kappa shape index (κ2) is 7.18. The van der Waals surface area contributed by atoms with Crippen LogP contribution in [0.15, 0.2) is 12.2 Å². The van der Waals surface area contributed by atoms with E-state index in [0.717, 1.165) is 6.92 Å². The second-order valence-corrected chi connectivity index (χ2v) is 4.71. The monoisotopic (exact) mass is 354 g/mol. The van der Waals surface area contributed by atoms with Gasteiger partial charge in [0.2, 0.25) is 5.60 Å². The molecular formula is C12H13F7O4. The second-order valence-electron chi connectivity index (χ2n) is 4.71. The van der Waals surface area contributed by atoms with Gasteiger partial charge in [0.25, 0.3) is 0 Å². The minimum atomic E-state index is -5.75. The van der Waals surface area contributed by atoms with Crippen molar-refractivity contribution in [3.63, 3.8) is 0 Å². The van der Waals surface area contributed by atoms with E-state index < -0.39 is 49.1 Å². The van der Waals surface area contributed by atoms with Crippen LogP contribution in [0.2, 0.25) is 0 Å². The van der Waals surface area contributed by atoms with Crippen LogP contribution in [0.5, 0.6) is 0 Å². The summed E-state index contributed by atoms with van der Waals surface area (Å²) in [5, 5.41) is 0. The molecule has 4 nitrogen and oxygen atoms in total. The van der Waals surface area contributed by atoms with Crippen LogP contribution >= 0.6 is 0 Å². The zero-order chi connectivity index (χ0) is 18.6. The van der Waals surface area contributed by atoms with E-state index in [1.165, 1.54) is 6.92 Å². The van der Waals surface area contributed by atoms with Gasteiger partial charge in [-0.2, -0.15) is 26.3 Å². The SMILES string of the molecule is C=C(C)C(=O)OC(C)CC(CF)(OC(=O)C(F)(F)F)C(F)(F)F. The van der Waals surface area contributed by atoms with Crippen molar-refractivity contribution in [3.05, 3.63) is 12.2 Å². The molecule has 0 aromatic heterocycles. The first-order valence-electron chi connectivity index (χ1n) is 5.95. The van der Waals surface area contributed by atoms with E-state index in [1.807, 2.05) is 0 Å². The Morgan fingerprint density at radius 3 is 1.91 bits per heavy atom.